The minimum absolute atomic E-state index is 0.201. The van der Waals surface area contributed by atoms with Gasteiger partial charge in [-0.05, 0) is 17.7 Å². The number of methoxy groups -OCH3 is 1. The van der Waals surface area contributed by atoms with Crippen molar-refractivity contribution < 1.29 is 17.9 Å². The SMILES string of the molecule is COc1ccc([C@@H]2[C@@H](C=O)[C@@H]2S(C)(=O)=O)cc1. The standard InChI is InChI=1S/C12H14O4S/c1-16-9-5-3-8(4-6-9)11-10(7-13)12(11)17(2,14)15/h3-7,10-12H,1-2H3/t10-,11-,12+/m1/s1. The Labute approximate surface area is 101 Å². The van der Waals surface area contributed by atoms with Gasteiger partial charge >= 0.3 is 0 Å². The van der Waals surface area contributed by atoms with Gasteiger partial charge in [0.2, 0.25) is 0 Å². The quantitative estimate of drug-likeness (QED) is 0.753. The third-order valence-corrected chi connectivity index (χ3v) is 4.76. The minimum atomic E-state index is -3.17. The zero-order chi connectivity index (χ0) is 12.6. The van der Waals surface area contributed by atoms with E-state index < -0.39 is 21.0 Å². The summed E-state index contributed by atoms with van der Waals surface area (Å²) in [5, 5.41) is -0.562. The van der Waals surface area contributed by atoms with Gasteiger partial charge in [-0.1, -0.05) is 12.1 Å². The Bertz CT molecular complexity index is 518. The van der Waals surface area contributed by atoms with Crippen molar-refractivity contribution in [2.45, 2.75) is 11.2 Å². The molecular formula is C12H14O4S. The number of benzene rings is 1. The van der Waals surface area contributed by atoms with Crippen molar-refractivity contribution in [1.29, 1.82) is 0 Å². The van der Waals surface area contributed by atoms with Gasteiger partial charge in [0.1, 0.15) is 12.0 Å². The summed E-state index contributed by atoms with van der Waals surface area (Å²) in [7, 11) is -1.60. The molecular weight excluding hydrogens is 240 g/mol. The summed E-state index contributed by atoms with van der Waals surface area (Å²) in [4.78, 5) is 10.8. The van der Waals surface area contributed by atoms with Crippen LogP contribution in [0.2, 0.25) is 0 Å². The fourth-order valence-electron chi connectivity index (χ4n) is 2.26. The van der Waals surface area contributed by atoms with Gasteiger partial charge in [-0.3, -0.25) is 0 Å². The predicted molar refractivity (Wildman–Crippen MR) is 63.9 cm³/mol. The summed E-state index contributed by atoms with van der Waals surface area (Å²) in [5.41, 5.74) is 0.873. The van der Waals surface area contributed by atoms with E-state index in [0.29, 0.717) is 5.75 Å². The monoisotopic (exact) mass is 254 g/mol. The van der Waals surface area contributed by atoms with Crippen molar-refractivity contribution in [2.75, 3.05) is 13.4 Å². The van der Waals surface area contributed by atoms with Gasteiger partial charge in [-0.25, -0.2) is 8.42 Å². The summed E-state index contributed by atoms with van der Waals surface area (Å²) < 4.78 is 28.0. The lowest BCUT2D eigenvalue weighted by Crippen LogP contribution is -2.07. The van der Waals surface area contributed by atoms with Crippen molar-refractivity contribution in [3.05, 3.63) is 29.8 Å². The molecule has 5 heteroatoms. The Morgan fingerprint density at radius 3 is 2.18 bits per heavy atom. The van der Waals surface area contributed by atoms with E-state index in [-0.39, 0.29) is 5.92 Å². The highest BCUT2D eigenvalue weighted by Crippen LogP contribution is 2.50. The van der Waals surface area contributed by atoms with E-state index in [0.717, 1.165) is 11.8 Å². The second kappa shape index (κ2) is 4.14. The number of hydrogen-bond acceptors (Lipinski definition) is 4. The fraction of sp³-hybridized carbons (Fsp3) is 0.417. The number of hydrogen-bond donors (Lipinski definition) is 0. The lowest BCUT2D eigenvalue weighted by Gasteiger charge is -2.02. The van der Waals surface area contributed by atoms with Gasteiger partial charge < -0.3 is 9.53 Å². The normalized spacial score (nSPS) is 27.5. The maximum Gasteiger partial charge on any atom is 0.151 e. The van der Waals surface area contributed by atoms with Crippen LogP contribution in [0.3, 0.4) is 0 Å². The molecule has 1 aromatic rings. The molecule has 2 rings (SSSR count). The van der Waals surface area contributed by atoms with E-state index >= 15 is 0 Å². The number of rotatable bonds is 4. The summed E-state index contributed by atoms with van der Waals surface area (Å²) in [6.45, 7) is 0. The second-order valence-corrected chi connectivity index (χ2v) is 6.51. The van der Waals surface area contributed by atoms with Gasteiger partial charge in [0.25, 0.3) is 0 Å². The molecule has 0 amide bonds. The van der Waals surface area contributed by atoms with Crippen molar-refractivity contribution >= 4 is 16.1 Å². The largest absolute Gasteiger partial charge is 0.497 e. The van der Waals surface area contributed by atoms with Gasteiger partial charge in [-0.15, -0.1) is 0 Å². The third-order valence-electron chi connectivity index (χ3n) is 3.16. The van der Waals surface area contributed by atoms with Gasteiger partial charge in [0.15, 0.2) is 9.84 Å². The molecule has 0 heterocycles. The van der Waals surface area contributed by atoms with E-state index in [9.17, 15) is 13.2 Å². The average Bonchev–Trinajstić information content (AvgIpc) is 3.03. The second-order valence-electron chi connectivity index (χ2n) is 4.31. The van der Waals surface area contributed by atoms with E-state index in [1.54, 1.807) is 19.2 Å². The summed E-state index contributed by atoms with van der Waals surface area (Å²) in [6, 6.07) is 7.17. The van der Waals surface area contributed by atoms with Crippen LogP contribution in [0.15, 0.2) is 24.3 Å². The van der Waals surface area contributed by atoms with Crippen LogP contribution in [0.4, 0.5) is 0 Å². The Kier molecular flexibility index (Phi) is 2.95. The first-order chi connectivity index (χ1) is 7.99. The number of carbonyl (C=O) groups is 1. The summed E-state index contributed by atoms with van der Waals surface area (Å²) in [6.07, 6.45) is 1.91. The Morgan fingerprint density at radius 1 is 1.24 bits per heavy atom. The molecule has 17 heavy (non-hydrogen) atoms. The van der Waals surface area contributed by atoms with Gasteiger partial charge in [-0.2, -0.15) is 0 Å². The molecule has 1 aliphatic carbocycles. The van der Waals surface area contributed by atoms with Crippen molar-refractivity contribution in [3.63, 3.8) is 0 Å². The van der Waals surface area contributed by atoms with Crippen LogP contribution in [-0.4, -0.2) is 33.3 Å². The van der Waals surface area contributed by atoms with Crippen LogP contribution in [0.5, 0.6) is 5.75 Å². The van der Waals surface area contributed by atoms with Crippen LogP contribution in [0, 0.1) is 5.92 Å². The third kappa shape index (κ3) is 2.20. The predicted octanol–water partition coefficient (Wildman–Crippen LogP) is 1.02. The molecule has 0 radical (unpaired) electrons. The lowest BCUT2D eigenvalue weighted by molar-refractivity contribution is -0.108. The van der Waals surface area contributed by atoms with Crippen molar-refractivity contribution in [3.8, 4) is 5.75 Å². The van der Waals surface area contributed by atoms with Gasteiger partial charge in [0.05, 0.1) is 12.4 Å². The molecule has 0 spiro atoms. The lowest BCUT2D eigenvalue weighted by atomic mass is 10.1. The molecule has 1 saturated carbocycles. The molecule has 0 saturated heterocycles. The summed E-state index contributed by atoms with van der Waals surface area (Å²) in [5.74, 6) is 0.111. The first kappa shape index (κ1) is 12.1. The van der Waals surface area contributed by atoms with Crippen molar-refractivity contribution in [1.82, 2.24) is 0 Å². The minimum Gasteiger partial charge on any atom is -0.497 e. The molecule has 1 aromatic carbocycles. The van der Waals surface area contributed by atoms with Gasteiger partial charge in [0, 0.05) is 18.1 Å². The van der Waals surface area contributed by atoms with Crippen LogP contribution >= 0.6 is 0 Å². The highest BCUT2D eigenvalue weighted by Gasteiger charge is 2.57. The van der Waals surface area contributed by atoms with E-state index in [1.807, 2.05) is 12.1 Å². The maximum absolute atomic E-state index is 11.5. The highest BCUT2D eigenvalue weighted by atomic mass is 32.2. The molecule has 0 N–H and O–H groups in total. The Hall–Kier alpha value is -1.36. The van der Waals surface area contributed by atoms with Crippen LogP contribution in [-0.2, 0) is 14.6 Å². The maximum atomic E-state index is 11.5. The van der Waals surface area contributed by atoms with E-state index in [2.05, 4.69) is 0 Å². The molecule has 3 atom stereocenters. The van der Waals surface area contributed by atoms with E-state index in [4.69, 9.17) is 4.74 Å². The Balaban J connectivity index is 2.26. The zero-order valence-corrected chi connectivity index (χ0v) is 10.5. The van der Waals surface area contributed by atoms with Crippen molar-refractivity contribution in [2.24, 2.45) is 5.92 Å². The van der Waals surface area contributed by atoms with E-state index in [1.165, 1.54) is 6.26 Å². The first-order valence-corrected chi connectivity index (χ1v) is 7.22. The number of carbonyl (C=O) groups excluding carboxylic acids is 1. The number of aldehydes is 1. The number of ether oxygens (including phenoxy) is 1. The number of sulfone groups is 1. The smallest absolute Gasteiger partial charge is 0.151 e. The average molecular weight is 254 g/mol. The molecule has 0 aliphatic heterocycles. The molecule has 92 valence electrons. The summed E-state index contributed by atoms with van der Waals surface area (Å²) >= 11 is 0. The molecule has 0 bridgehead atoms. The van der Waals surface area contributed by atoms with Crippen LogP contribution in [0.25, 0.3) is 0 Å². The topological polar surface area (TPSA) is 60.4 Å². The fourth-order valence-corrected chi connectivity index (χ4v) is 3.84. The molecule has 1 fully saturated rings. The molecule has 1 aliphatic rings. The Morgan fingerprint density at radius 2 is 1.82 bits per heavy atom. The highest BCUT2D eigenvalue weighted by molar-refractivity contribution is 7.91. The first-order valence-electron chi connectivity index (χ1n) is 5.27. The molecule has 0 aromatic heterocycles. The van der Waals surface area contributed by atoms with Crippen LogP contribution in [0.1, 0.15) is 11.5 Å². The zero-order valence-electron chi connectivity index (χ0n) is 9.66. The molecule has 4 nitrogen and oxygen atoms in total. The molecule has 0 unspecified atom stereocenters. The van der Waals surface area contributed by atoms with Crippen LogP contribution < -0.4 is 4.74 Å².